The Balaban J connectivity index is 2.03. The zero-order valence-electron chi connectivity index (χ0n) is 9.86. The Kier molecular flexibility index (Phi) is 5.77. The van der Waals surface area contributed by atoms with Crippen molar-refractivity contribution in [2.24, 2.45) is 0 Å². The summed E-state index contributed by atoms with van der Waals surface area (Å²) < 4.78 is 4.49. The quantitative estimate of drug-likeness (QED) is 0.533. The van der Waals surface area contributed by atoms with Crippen molar-refractivity contribution in [2.45, 2.75) is 25.7 Å². The molecule has 0 atom stereocenters. The van der Waals surface area contributed by atoms with Crippen LogP contribution < -0.4 is 5.32 Å². The predicted octanol–water partition coefficient (Wildman–Crippen LogP) is 0.412. The Hall–Kier alpha value is -1.85. The number of nitrogens with zero attached hydrogens (tertiary/aromatic N) is 1. The van der Waals surface area contributed by atoms with Gasteiger partial charge in [-0.3, -0.25) is 9.59 Å². The van der Waals surface area contributed by atoms with E-state index < -0.39 is 0 Å². The third-order valence-electron chi connectivity index (χ3n) is 2.28. The van der Waals surface area contributed by atoms with Gasteiger partial charge in [-0.2, -0.15) is 0 Å². The molecule has 2 N–H and O–H groups in total. The lowest BCUT2D eigenvalue weighted by molar-refractivity contribution is -0.140. The number of imidazole rings is 1. The van der Waals surface area contributed by atoms with Crippen LogP contribution in [0, 0.1) is 0 Å². The van der Waals surface area contributed by atoms with E-state index in [1.54, 1.807) is 12.5 Å². The number of rotatable bonds is 7. The SMILES string of the molecule is COC(=O)CCCNC(=O)CCc1cnc[nH]1. The van der Waals surface area contributed by atoms with E-state index in [9.17, 15) is 9.59 Å². The fourth-order valence-electron chi connectivity index (χ4n) is 1.32. The van der Waals surface area contributed by atoms with Crippen molar-refractivity contribution < 1.29 is 14.3 Å². The second kappa shape index (κ2) is 7.43. The zero-order chi connectivity index (χ0) is 12.5. The zero-order valence-corrected chi connectivity index (χ0v) is 9.86. The van der Waals surface area contributed by atoms with E-state index in [4.69, 9.17) is 0 Å². The fraction of sp³-hybridized carbons (Fsp3) is 0.545. The van der Waals surface area contributed by atoms with Gasteiger partial charge in [0.2, 0.25) is 5.91 Å². The van der Waals surface area contributed by atoms with E-state index in [1.165, 1.54) is 7.11 Å². The molecule has 0 radical (unpaired) electrons. The van der Waals surface area contributed by atoms with Crippen LogP contribution in [0.2, 0.25) is 0 Å². The third kappa shape index (κ3) is 5.70. The van der Waals surface area contributed by atoms with Crippen LogP contribution >= 0.6 is 0 Å². The molecule has 0 aliphatic heterocycles. The second-order valence-corrected chi connectivity index (χ2v) is 3.61. The number of aryl methyl sites for hydroxylation is 1. The molecule has 0 aliphatic carbocycles. The lowest BCUT2D eigenvalue weighted by Gasteiger charge is -2.03. The number of aromatic amines is 1. The standard InChI is InChI=1S/C11H17N3O3/c1-17-11(16)3-2-6-13-10(15)5-4-9-7-12-8-14-9/h7-8H,2-6H2,1H3,(H,12,14)(H,13,15). The van der Waals surface area contributed by atoms with Crippen LogP contribution in [0.4, 0.5) is 0 Å². The molecule has 1 aromatic rings. The van der Waals surface area contributed by atoms with Gasteiger partial charge in [-0.15, -0.1) is 0 Å². The minimum Gasteiger partial charge on any atom is -0.469 e. The van der Waals surface area contributed by atoms with E-state index >= 15 is 0 Å². The van der Waals surface area contributed by atoms with Gasteiger partial charge in [0.15, 0.2) is 0 Å². The number of hydrogen-bond donors (Lipinski definition) is 2. The van der Waals surface area contributed by atoms with Gasteiger partial charge in [0.25, 0.3) is 0 Å². The van der Waals surface area contributed by atoms with E-state index in [0.717, 1.165) is 5.69 Å². The third-order valence-corrected chi connectivity index (χ3v) is 2.28. The van der Waals surface area contributed by atoms with E-state index in [0.29, 0.717) is 32.2 Å². The molecule has 6 nitrogen and oxygen atoms in total. The molecule has 6 heteroatoms. The van der Waals surface area contributed by atoms with E-state index in [-0.39, 0.29) is 11.9 Å². The lowest BCUT2D eigenvalue weighted by atomic mass is 10.2. The summed E-state index contributed by atoms with van der Waals surface area (Å²) in [6.45, 7) is 0.497. The number of hydrogen-bond acceptors (Lipinski definition) is 4. The van der Waals surface area contributed by atoms with Crippen molar-refractivity contribution in [3.8, 4) is 0 Å². The van der Waals surface area contributed by atoms with Crippen molar-refractivity contribution in [1.29, 1.82) is 0 Å². The molecular formula is C11H17N3O3. The molecule has 94 valence electrons. The summed E-state index contributed by atoms with van der Waals surface area (Å²) in [5.41, 5.74) is 0.940. The molecule has 0 fully saturated rings. The van der Waals surface area contributed by atoms with Gasteiger partial charge >= 0.3 is 5.97 Å². The molecule has 0 saturated heterocycles. The van der Waals surface area contributed by atoms with Crippen molar-refractivity contribution >= 4 is 11.9 Å². The summed E-state index contributed by atoms with van der Waals surface area (Å²) in [6.07, 6.45) is 5.27. The molecule has 0 bridgehead atoms. The average molecular weight is 239 g/mol. The minimum atomic E-state index is -0.253. The Morgan fingerprint density at radius 3 is 2.94 bits per heavy atom. The minimum absolute atomic E-state index is 0.0236. The summed E-state index contributed by atoms with van der Waals surface area (Å²) in [5.74, 6) is -0.277. The van der Waals surface area contributed by atoms with Crippen molar-refractivity contribution in [3.05, 3.63) is 18.2 Å². The maximum atomic E-state index is 11.4. The van der Waals surface area contributed by atoms with Crippen LogP contribution in [0.1, 0.15) is 25.0 Å². The van der Waals surface area contributed by atoms with E-state index in [1.807, 2.05) is 0 Å². The monoisotopic (exact) mass is 239 g/mol. The van der Waals surface area contributed by atoms with Crippen LogP contribution in [0.3, 0.4) is 0 Å². The van der Waals surface area contributed by atoms with E-state index in [2.05, 4.69) is 20.0 Å². The highest BCUT2D eigenvalue weighted by Gasteiger charge is 2.03. The highest BCUT2D eigenvalue weighted by molar-refractivity contribution is 5.76. The number of aromatic nitrogens is 2. The number of esters is 1. The summed E-state index contributed by atoms with van der Waals surface area (Å²) in [4.78, 5) is 29.0. The molecule has 0 aliphatic rings. The summed E-state index contributed by atoms with van der Waals surface area (Å²) >= 11 is 0. The Labute approximate surface area is 99.8 Å². The first-order valence-electron chi connectivity index (χ1n) is 5.53. The second-order valence-electron chi connectivity index (χ2n) is 3.61. The van der Waals surface area contributed by atoms with Crippen LogP contribution in [-0.4, -0.2) is 35.5 Å². The van der Waals surface area contributed by atoms with Crippen molar-refractivity contribution in [1.82, 2.24) is 15.3 Å². The highest BCUT2D eigenvalue weighted by Crippen LogP contribution is 1.97. The number of amides is 1. The average Bonchev–Trinajstić information content (AvgIpc) is 2.84. The Morgan fingerprint density at radius 1 is 1.47 bits per heavy atom. The molecule has 1 aromatic heterocycles. The first-order chi connectivity index (χ1) is 8.22. The molecule has 0 unspecified atom stereocenters. The first kappa shape index (κ1) is 13.2. The first-order valence-corrected chi connectivity index (χ1v) is 5.53. The molecular weight excluding hydrogens is 222 g/mol. The lowest BCUT2D eigenvalue weighted by Crippen LogP contribution is -2.25. The molecule has 1 heterocycles. The number of methoxy groups -OCH3 is 1. The van der Waals surface area contributed by atoms with Crippen LogP contribution in [0.15, 0.2) is 12.5 Å². The number of ether oxygens (including phenoxy) is 1. The van der Waals surface area contributed by atoms with Crippen LogP contribution in [-0.2, 0) is 20.7 Å². The number of H-pyrrole nitrogens is 1. The predicted molar refractivity (Wildman–Crippen MR) is 61.2 cm³/mol. The Morgan fingerprint density at radius 2 is 2.29 bits per heavy atom. The van der Waals surface area contributed by atoms with Gasteiger partial charge < -0.3 is 15.0 Å². The topological polar surface area (TPSA) is 84.1 Å². The van der Waals surface area contributed by atoms with Gasteiger partial charge in [-0.1, -0.05) is 0 Å². The maximum Gasteiger partial charge on any atom is 0.305 e. The molecule has 0 aromatic carbocycles. The van der Waals surface area contributed by atoms with Crippen molar-refractivity contribution in [2.75, 3.05) is 13.7 Å². The summed E-state index contributed by atoms with van der Waals surface area (Å²) in [7, 11) is 1.35. The summed E-state index contributed by atoms with van der Waals surface area (Å²) in [5, 5.41) is 2.74. The van der Waals surface area contributed by atoms with Gasteiger partial charge in [-0.05, 0) is 12.8 Å². The molecule has 17 heavy (non-hydrogen) atoms. The number of carbonyl (C=O) groups excluding carboxylic acids is 2. The van der Waals surface area contributed by atoms with Gasteiger partial charge in [0, 0.05) is 31.3 Å². The maximum absolute atomic E-state index is 11.4. The van der Waals surface area contributed by atoms with Crippen LogP contribution in [0.5, 0.6) is 0 Å². The van der Waals surface area contributed by atoms with Crippen molar-refractivity contribution in [3.63, 3.8) is 0 Å². The largest absolute Gasteiger partial charge is 0.469 e. The summed E-state index contributed by atoms with van der Waals surface area (Å²) in [6, 6.07) is 0. The van der Waals surface area contributed by atoms with Gasteiger partial charge in [-0.25, -0.2) is 4.98 Å². The van der Waals surface area contributed by atoms with Gasteiger partial charge in [0.05, 0.1) is 13.4 Å². The molecule has 0 saturated carbocycles. The normalized spacial score (nSPS) is 9.94. The fourth-order valence-corrected chi connectivity index (χ4v) is 1.32. The van der Waals surface area contributed by atoms with Gasteiger partial charge in [0.1, 0.15) is 0 Å². The molecule has 1 rings (SSSR count). The van der Waals surface area contributed by atoms with Crippen LogP contribution in [0.25, 0.3) is 0 Å². The molecule has 1 amide bonds. The number of nitrogens with one attached hydrogen (secondary N) is 2. The number of carbonyl (C=O) groups is 2. The molecule has 0 spiro atoms. The smallest absolute Gasteiger partial charge is 0.305 e. The Bertz CT molecular complexity index is 349. The highest BCUT2D eigenvalue weighted by atomic mass is 16.5.